The first-order chi connectivity index (χ1) is 8.13. The van der Waals surface area contributed by atoms with E-state index in [9.17, 15) is 4.79 Å². The number of piperidine rings is 1. The Morgan fingerprint density at radius 3 is 3.06 bits per heavy atom. The summed E-state index contributed by atoms with van der Waals surface area (Å²) in [4.78, 5) is 14.3. The SMILES string of the molecule is CCn1ncc(Cl)c1C(=O)N1CCCC(C)C1. The van der Waals surface area contributed by atoms with Gasteiger partial charge >= 0.3 is 0 Å². The number of rotatable bonds is 2. The van der Waals surface area contributed by atoms with E-state index in [-0.39, 0.29) is 5.91 Å². The quantitative estimate of drug-likeness (QED) is 0.814. The van der Waals surface area contributed by atoms with Gasteiger partial charge in [0.05, 0.1) is 11.2 Å². The number of hydrogen-bond donors (Lipinski definition) is 0. The molecule has 5 heteroatoms. The Hall–Kier alpha value is -1.03. The monoisotopic (exact) mass is 255 g/mol. The maximum atomic E-state index is 12.4. The second-order valence-electron chi connectivity index (χ2n) is 4.66. The zero-order chi connectivity index (χ0) is 12.4. The number of hydrogen-bond acceptors (Lipinski definition) is 2. The minimum atomic E-state index is 0.0147. The molecule has 1 aliphatic heterocycles. The summed E-state index contributed by atoms with van der Waals surface area (Å²) in [6.07, 6.45) is 3.82. The van der Waals surface area contributed by atoms with Gasteiger partial charge in [-0.15, -0.1) is 0 Å². The molecule has 0 spiro atoms. The summed E-state index contributed by atoms with van der Waals surface area (Å²) in [7, 11) is 0. The van der Waals surface area contributed by atoms with Crippen LogP contribution in [-0.4, -0.2) is 33.7 Å². The third kappa shape index (κ3) is 2.46. The lowest BCUT2D eigenvalue weighted by molar-refractivity contribution is 0.0670. The minimum Gasteiger partial charge on any atom is -0.337 e. The molecule has 94 valence electrons. The highest BCUT2D eigenvalue weighted by molar-refractivity contribution is 6.33. The van der Waals surface area contributed by atoms with E-state index < -0.39 is 0 Å². The fourth-order valence-corrected chi connectivity index (χ4v) is 2.56. The van der Waals surface area contributed by atoms with Gasteiger partial charge in [0.15, 0.2) is 0 Å². The lowest BCUT2D eigenvalue weighted by Crippen LogP contribution is -2.40. The Morgan fingerprint density at radius 1 is 1.65 bits per heavy atom. The van der Waals surface area contributed by atoms with Crippen molar-refractivity contribution in [2.24, 2.45) is 5.92 Å². The summed E-state index contributed by atoms with van der Waals surface area (Å²) in [5.41, 5.74) is 0.531. The molecule has 0 saturated carbocycles. The largest absolute Gasteiger partial charge is 0.337 e. The van der Waals surface area contributed by atoms with Gasteiger partial charge in [-0.3, -0.25) is 9.48 Å². The third-order valence-electron chi connectivity index (χ3n) is 3.24. The molecule has 0 N–H and O–H groups in total. The van der Waals surface area contributed by atoms with Gasteiger partial charge in [0.2, 0.25) is 0 Å². The van der Waals surface area contributed by atoms with E-state index in [1.54, 1.807) is 10.9 Å². The first-order valence-electron chi connectivity index (χ1n) is 6.14. The van der Waals surface area contributed by atoms with Gasteiger partial charge in [0.1, 0.15) is 5.69 Å². The van der Waals surface area contributed by atoms with Crippen LogP contribution in [0, 0.1) is 5.92 Å². The van der Waals surface area contributed by atoms with E-state index in [1.165, 1.54) is 6.42 Å². The number of carbonyl (C=O) groups excluding carboxylic acids is 1. The Bertz CT molecular complexity index is 416. The van der Waals surface area contributed by atoms with Crippen LogP contribution in [0.3, 0.4) is 0 Å². The third-order valence-corrected chi connectivity index (χ3v) is 3.52. The summed E-state index contributed by atoms with van der Waals surface area (Å²) >= 11 is 6.04. The molecule has 1 aromatic heterocycles. The summed E-state index contributed by atoms with van der Waals surface area (Å²) in [6.45, 7) is 6.45. The highest BCUT2D eigenvalue weighted by atomic mass is 35.5. The molecule has 0 radical (unpaired) electrons. The van der Waals surface area contributed by atoms with Crippen LogP contribution in [0.25, 0.3) is 0 Å². The van der Waals surface area contributed by atoms with Crippen LogP contribution in [0.5, 0.6) is 0 Å². The van der Waals surface area contributed by atoms with Gasteiger partial charge in [0, 0.05) is 19.6 Å². The molecule has 4 nitrogen and oxygen atoms in total. The van der Waals surface area contributed by atoms with Gasteiger partial charge in [-0.2, -0.15) is 5.10 Å². The van der Waals surface area contributed by atoms with Crippen molar-refractivity contribution in [1.82, 2.24) is 14.7 Å². The molecule has 0 aliphatic carbocycles. The Balaban J connectivity index is 2.21. The van der Waals surface area contributed by atoms with Crippen LogP contribution in [0.15, 0.2) is 6.20 Å². The molecule has 2 rings (SSSR count). The van der Waals surface area contributed by atoms with E-state index in [4.69, 9.17) is 11.6 Å². The van der Waals surface area contributed by atoms with Crippen LogP contribution in [0.1, 0.15) is 37.2 Å². The van der Waals surface area contributed by atoms with Crippen molar-refractivity contribution in [2.45, 2.75) is 33.2 Å². The minimum absolute atomic E-state index is 0.0147. The molecular weight excluding hydrogens is 238 g/mol. The normalized spacial score (nSPS) is 20.6. The van der Waals surface area contributed by atoms with E-state index in [0.29, 0.717) is 23.2 Å². The molecule has 1 saturated heterocycles. The average molecular weight is 256 g/mol. The zero-order valence-corrected chi connectivity index (χ0v) is 11.1. The van der Waals surface area contributed by atoms with Gasteiger partial charge < -0.3 is 4.90 Å². The maximum Gasteiger partial charge on any atom is 0.273 e. The molecular formula is C12H18ClN3O. The Morgan fingerprint density at radius 2 is 2.41 bits per heavy atom. The predicted octanol–water partition coefficient (Wildman–Crippen LogP) is 2.43. The van der Waals surface area contributed by atoms with Gasteiger partial charge in [0.25, 0.3) is 5.91 Å². The Kier molecular flexibility index (Phi) is 3.72. The molecule has 1 aliphatic rings. The number of aryl methyl sites for hydroxylation is 1. The number of carbonyl (C=O) groups is 1. The molecule has 1 aromatic rings. The number of likely N-dealkylation sites (tertiary alicyclic amines) is 1. The molecule has 0 bridgehead atoms. The summed E-state index contributed by atoms with van der Waals surface area (Å²) in [5, 5.41) is 4.56. The second kappa shape index (κ2) is 5.08. The summed E-state index contributed by atoms with van der Waals surface area (Å²) in [5.74, 6) is 0.588. The van der Waals surface area contributed by atoms with Crippen molar-refractivity contribution in [2.75, 3.05) is 13.1 Å². The smallest absolute Gasteiger partial charge is 0.273 e. The summed E-state index contributed by atoms with van der Waals surface area (Å²) in [6, 6.07) is 0. The van der Waals surface area contributed by atoms with E-state index in [1.807, 2.05) is 11.8 Å². The van der Waals surface area contributed by atoms with Crippen molar-refractivity contribution in [1.29, 1.82) is 0 Å². The molecule has 1 fully saturated rings. The molecule has 1 atom stereocenters. The fraction of sp³-hybridized carbons (Fsp3) is 0.667. The van der Waals surface area contributed by atoms with Crippen molar-refractivity contribution < 1.29 is 4.79 Å². The number of aromatic nitrogens is 2. The zero-order valence-electron chi connectivity index (χ0n) is 10.3. The van der Waals surface area contributed by atoms with Crippen molar-refractivity contribution in [3.8, 4) is 0 Å². The van der Waals surface area contributed by atoms with Crippen LogP contribution < -0.4 is 0 Å². The van der Waals surface area contributed by atoms with E-state index in [0.717, 1.165) is 19.5 Å². The van der Waals surface area contributed by atoms with Crippen LogP contribution in [0.2, 0.25) is 5.02 Å². The van der Waals surface area contributed by atoms with E-state index in [2.05, 4.69) is 12.0 Å². The first kappa shape index (κ1) is 12.4. The molecule has 17 heavy (non-hydrogen) atoms. The predicted molar refractivity (Wildman–Crippen MR) is 67.2 cm³/mol. The first-order valence-corrected chi connectivity index (χ1v) is 6.51. The second-order valence-corrected chi connectivity index (χ2v) is 5.06. The molecule has 0 aromatic carbocycles. The van der Waals surface area contributed by atoms with E-state index >= 15 is 0 Å². The standard InChI is InChI=1S/C12H18ClN3O/c1-3-16-11(10(13)7-14-16)12(17)15-6-4-5-9(2)8-15/h7,9H,3-6,8H2,1-2H3. The number of nitrogens with zero attached hydrogens (tertiary/aromatic N) is 3. The van der Waals surface area contributed by atoms with Crippen molar-refractivity contribution in [3.63, 3.8) is 0 Å². The molecule has 1 unspecified atom stereocenters. The van der Waals surface area contributed by atoms with Gasteiger partial charge in [-0.25, -0.2) is 0 Å². The highest BCUT2D eigenvalue weighted by Crippen LogP contribution is 2.21. The Labute approximate surface area is 107 Å². The van der Waals surface area contributed by atoms with Gasteiger partial charge in [-0.05, 0) is 25.7 Å². The van der Waals surface area contributed by atoms with Crippen molar-refractivity contribution >= 4 is 17.5 Å². The van der Waals surface area contributed by atoms with Crippen LogP contribution >= 0.6 is 11.6 Å². The van der Waals surface area contributed by atoms with Crippen LogP contribution in [-0.2, 0) is 6.54 Å². The molecule has 1 amide bonds. The highest BCUT2D eigenvalue weighted by Gasteiger charge is 2.26. The average Bonchev–Trinajstić information content (AvgIpc) is 2.69. The molecule has 2 heterocycles. The summed E-state index contributed by atoms with van der Waals surface area (Å²) < 4.78 is 1.67. The number of amides is 1. The fourth-order valence-electron chi connectivity index (χ4n) is 2.34. The van der Waals surface area contributed by atoms with Crippen molar-refractivity contribution in [3.05, 3.63) is 16.9 Å². The lowest BCUT2D eigenvalue weighted by atomic mass is 10.00. The topological polar surface area (TPSA) is 38.1 Å². The van der Waals surface area contributed by atoms with Crippen LogP contribution in [0.4, 0.5) is 0 Å². The number of halogens is 1. The maximum absolute atomic E-state index is 12.4. The lowest BCUT2D eigenvalue weighted by Gasteiger charge is -2.31. The van der Waals surface area contributed by atoms with Gasteiger partial charge in [-0.1, -0.05) is 18.5 Å².